The summed E-state index contributed by atoms with van der Waals surface area (Å²) in [6.07, 6.45) is 0.482. The predicted molar refractivity (Wildman–Crippen MR) is 86.8 cm³/mol. The Hall–Kier alpha value is -1.56. The van der Waals surface area contributed by atoms with Gasteiger partial charge in [0.15, 0.2) is 11.5 Å². The summed E-state index contributed by atoms with van der Waals surface area (Å²) in [5.74, 6) is 0.935. The average molecular weight is 340 g/mol. The highest BCUT2D eigenvalue weighted by Crippen LogP contribution is 2.37. The molecule has 132 valence electrons. The van der Waals surface area contributed by atoms with Crippen LogP contribution in [-0.2, 0) is 12.7 Å². The normalized spacial score (nSPS) is 16.6. The summed E-state index contributed by atoms with van der Waals surface area (Å²) in [6.45, 7) is 4.97. The van der Waals surface area contributed by atoms with Crippen molar-refractivity contribution < 1.29 is 17.6 Å². The lowest BCUT2D eigenvalue weighted by Gasteiger charge is -2.12. The molecule has 3 nitrogen and oxygen atoms in total. The molecule has 3 rings (SSSR count). The summed E-state index contributed by atoms with van der Waals surface area (Å²) < 4.78 is 45.5. The molecule has 0 spiro atoms. The lowest BCUT2D eigenvalue weighted by Crippen LogP contribution is -2.21. The fourth-order valence-corrected chi connectivity index (χ4v) is 3.30. The van der Waals surface area contributed by atoms with Gasteiger partial charge in [-0.1, -0.05) is 26.7 Å². The van der Waals surface area contributed by atoms with Gasteiger partial charge in [0.2, 0.25) is 0 Å². The Balaban J connectivity index is 1.84. The Morgan fingerprint density at radius 2 is 1.96 bits per heavy atom. The van der Waals surface area contributed by atoms with E-state index >= 15 is 0 Å². The van der Waals surface area contributed by atoms with Crippen LogP contribution in [0.1, 0.15) is 62.5 Å². The fourth-order valence-electron chi connectivity index (χ4n) is 3.30. The van der Waals surface area contributed by atoms with Crippen molar-refractivity contribution in [3.8, 4) is 0 Å². The summed E-state index contributed by atoms with van der Waals surface area (Å²) in [5, 5.41) is 3.29. The van der Waals surface area contributed by atoms with Gasteiger partial charge in [-0.25, -0.2) is 4.98 Å². The van der Waals surface area contributed by atoms with Crippen LogP contribution in [0.5, 0.6) is 0 Å². The van der Waals surface area contributed by atoms with E-state index in [1.54, 1.807) is 6.07 Å². The molecule has 0 unspecified atom stereocenters. The van der Waals surface area contributed by atoms with Gasteiger partial charge >= 0.3 is 6.18 Å². The van der Waals surface area contributed by atoms with Crippen LogP contribution in [-0.4, -0.2) is 11.5 Å². The van der Waals surface area contributed by atoms with E-state index in [0.29, 0.717) is 23.9 Å². The lowest BCUT2D eigenvalue weighted by molar-refractivity contribution is -0.136. The monoisotopic (exact) mass is 340 g/mol. The second-order valence-electron chi connectivity index (χ2n) is 6.98. The first-order chi connectivity index (χ1) is 11.3. The molecule has 1 N–H and O–H groups in total. The van der Waals surface area contributed by atoms with E-state index < -0.39 is 11.7 Å². The molecule has 0 aliphatic heterocycles. The number of hydrogen-bond donors (Lipinski definition) is 1. The van der Waals surface area contributed by atoms with Crippen LogP contribution in [0.25, 0.3) is 11.1 Å². The Bertz CT molecular complexity index is 700. The summed E-state index contributed by atoms with van der Waals surface area (Å²) >= 11 is 0. The third-order valence-electron chi connectivity index (χ3n) is 4.60. The van der Waals surface area contributed by atoms with E-state index in [1.165, 1.54) is 31.7 Å². The third kappa shape index (κ3) is 3.74. The van der Waals surface area contributed by atoms with Crippen molar-refractivity contribution in [3.05, 3.63) is 29.2 Å². The minimum absolute atomic E-state index is 0.0533. The number of nitrogens with one attached hydrogen (secondary N) is 1. The van der Waals surface area contributed by atoms with Crippen molar-refractivity contribution in [2.45, 2.75) is 58.2 Å². The maximum Gasteiger partial charge on any atom is 0.420 e. The molecule has 2 aromatic rings. The largest absolute Gasteiger partial charge is 0.440 e. The first kappa shape index (κ1) is 17.3. The number of benzene rings is 1. The predicted octanol–water partition coefficient (Wildman–Crippen LogP) is 5.25. The van der Waals surface area contributed by atoms with E-state index in [9.17, 15) is 13.2 Å². The highest BCUT2D eigenvalue weighted by molar-refractivity contribution is 5.78. The van der Waals surface area contributed by atoms with Crippen LogP contribution in [0.15, 0.2) is 16.5 Å². The standard InChI is InChI=1S/C18H23F3N2O/c1-11(2)17-23-15-8-13(10-22-9-12-5-3-4-6-12)7-14(16(15)24-17)18(19,20)21/h7-8,11-12,22H,3-6,9-10H2,1-2H3. The van der Waals surface area contributed by atoms with Crippen LogP contribution in [0.3, 0.4) is 0 Å². The highest BCUT2D eigenvalue weighted by atomic mass is 19.4. The number of alkyl halides is 3. The molecule has 1 aliphatic rings. The highest BCUT2D eigenvalue weighted by Gasteiger charge is 2.35. The fraction of sp³-hybridized carbons (Fsp3) is 0.611. The molecule has 0 radical (unpaired) electrons. The Kier molecular flexibility index (Phi) is 4.85. The maximum absolute atomic E-state index is 13.4. The molecule has 6 heteroatoms. The zero-order valence-corrected chi connectivity index (χ0v) is 14.0. The van der Waals surface area contributed by atoms with Crippen molar-refractivity contribution in [3.63, 3.8) is 0 Å². The third-order valence-corrected chi connectivity index (χ3v) is 4.60. The number of oxazole rings is 1. The first-order valence-corrected chi connectivity index (χ1v) is 8.56. The van der Waals surface area contributed by atoms with Gasteiger partial charge in [0.1, 0.15) is 11.1 Å². The maximum atomic E-state index is 13.4. The van der Waals surface area contributed by atoms with Crippen molar-refractivity contribution in [2.24, 2.45) is 5.92 Å². The molecule has 1 aliphatic carbocycles. The van der Waals surface area contributed by atoms with E-state index in [0.717, 1.165) is 6.54 Å². The van der Waals surface area contributed by atoms with E-state index in [2.05, 4.69) is 10.3 Å². The summed E-state index contributed by atoms with van der Waals surface area (Å²) in [4.78, 5) is 4.24. The molecule has 1 aromatic heterocycles. The van der Waals surface area contributed by atoms with Gasteiger partial charge in [-0.2, -0.15) is 13.2 Å². The molecular formula is C18H23F3N2O. The van der Waals surface area contributed by atoms with Gasteiger partial charge in [-0.3, -0.25) is 0 Å². The van der Waals surface area contributed by atoms with Crippen molar-refractivity contribution in [2.75, 3.05) is 6.54 Å². The van der Waals surface area contributed by atoms with Crippen molar-refractivity contribution in [1.29, 1.82) is 0 Å². The summed E-state index contributed by atoms with van der Waals surface area (Å²) in [5.41, 5.74) is -0.0228. The molecule has 0 bridgehead atoms. The van der Waals surface area contributed by atoms with E-state index in [4.69, 9.17) is 4.42 Å². The SMILES string of the molecule is CC(C)c1nc2cc(CNCC3CCCC3)cc(C(F)(F)F)c2o1. The Morgan fingerprint density at radius 1 is 1.25 bits per heavy atom. The van der Waals surface area contributed by atoms with E-state index in [-0.39, 0.29) is 17.0 Å². The average Bonchev–Trinajstić information content (AvgIpc) is 3.14. The minimum atomic E-state index is -4.45. The first-order valence-electron chi connectivity index (χ1n) is 8.56. The summed E-state index contributed by atoms with van der Waals surface area (Å²) in [7, 11) is 0. The molecule has 0 amide bonds. The molecule has 1 heterocycles. The van der Waals surface area contributed by atoms with Gasteiger partial charge < -0.3 is 9.73 Å². The van der Waals surface area contributed by atoms with Crippen LogP contribution >= 0.6 is 0 Å². The van der Waals surface area contributed by atoms with Crippen molar-refractivity contribution in [1.82, 2.24) is 10.3 Å². The number of fused-ring (bicyclic) bond motifs is 1. The molecular weight excluding hydrogens is 317 g/mol. The number of hydrogen-bond acceptors (Lipinski definition) is 3. The topological polar surface area (TPSA) is 38.1 Å². The Morgan fingerprint density at radius 3 is 2.58 bits per heavy atom. The summed E-state index contributed by atoms with van der Waals surface area (Å²) in [6, 6.07) is 2.88. The molecule has 1 fully saturated rings. The molecule has 24 heavy (non-hydrogen) atoms. The minimum Gasteiger partial charge on any atom is -0.440 e. The van der Waals surface area contributed by atoms with Gasteiger partial charge in [-0.15, -0.1) is 0 Å². The van der Waals surface area contributed by atoms with Crippen LogP contribution in [0.2, 0.25) is 0 Å². The van der Waals surface area contributed by atoms with Gasteiger partial charge in [0.05, 0.1) is 0 Å². The Labute approximate surface area is 139 Å². The smallest absolute Gasteiger partial charge is 0.420 e. The zero-order valence-electron chi connectivity index (χ0n) is 14.0. The molecule has 1 aromatic carbocycles. The van der Waals surface area contributed by atoms with Crippen LogP contribution in [0.4, 0.5) is 13.2 Å². The number of halogens is 3. The van der Waals surface area contributed by atoms with Gasteiger partial charge in [0, 0.05) is 12.5 Å². The van der Waals surface area contributed by atoms with Crippen LogP contribution < -0.4 is 5.32 Å². The van der Waals surface area contributed by atoms with Crippen LogP contribution in [0, 0.1) is 5.92 Å². The van der Waals surface area contributed by atoms with E-state index in [1.807, 2.05) is 13.8 Å². The quantitative estimate of drug-likeness (QED) is 0.808. The van der Waals surface area contributed by atoms with Crippen molar-refractivity contribution >= 4 is 11.1 Å². The molecule has 0 saturated heterocycles. The number of nitrogens with zero attached hydrogens (tertiary/aromatic N) is 1. The second-order valence-corrected chi connectivity index (χ2v) is 6.98. The molecule has 0 atom stereocenters. The zero-order chi connectivity index (χ0) is 17.3. The second kappa shape index (κ2) is 6.75. The lowest BCUT2D eigenvalue weighted by atomic mass is 10.1. The van der Waals surface area contributed by atoms with Gasteiger partial charge in [-0.05, 0) is 43.0 Å². The number of rotatable bonds is 5. The van der Waals surface area contributed by atoms with Gasteiger partial charge in [0.25, 0.3) is 0 Å². The number of aromatic nitrogens is 1. The molecule has 1 saturated carbocycles.